The molecule has 0 bridgehead atoms. The van der Waals surface area contributed by atoms with Gasteiger partial charge in [-0.25, -0.2) is 0 Å². The topological polar surface area (TPSA) is 29.5 Å². The van der Waals surface area contributed by atoms with Crippen LogP contribution in [0.3, 0.4) is 0 Å². The minimum atomic E-state index is -4.78. The Morgan fingerprint density at radius 1 is 0.947 bits per heavy atom. The lowest BCUT2D eigenvalue weighted by Crippen LogP contribution is -2.18. The van der Waals surface area contributed by atoms with E-state index < -0.39 is 13.0 Å². The minimum Gasteiger partial charge on any atom is -0.405 e. The fourth-order valence-electron chi connectivity index (χ4n) is 1.72. The molecule has 0 aliphatic heterocycles. The quantitative estimate of drug-likeness (QED) is 0.918. The lowest BCUT2D eigenvalue weighted by Gasteiger charge is -2.13. The molecule has 2 nitrogen and oxygen atoms in total. The van der Waals surface area contributed by atoms with Crippen LogP contribution in [-0.2, 0) is 6.61 Å². The van der Waals surface area contributed by atoms with E-state index in [1.807, 2.05) is 6.07 Å². The van der Waals surface area contributed by atoms with E-state index >= 15 is 0 Å². The van der Waals surface area contributed by atoms with Gasteiger partial charge in [-0.3, -0.25) is 0 Å². The van der Waals surface area contributed by atoms with Crippen LogP contribution in [0.4, 0.5) is 13.2 Å². The van der Waals surface area contributed by atoms with Crippen molar-refractivity contribution in [3.05, 3.63) is 54.1 Å². The van der Waals surface area contributed by atoms with Crippen LogP contribution >= 0.6 is 0 Å². The van der Waals surface area contributed by atoms with Crippen molar-refractivity contribution >= 4 is 0 Å². The van der Waals surface area contributed by atoms with Crippen molar-refractivity contribution in [2.45, 2.75) is 13.0 Å². The van der Waals surface area contributed by atoms with Crippen molar-refractivity contribution in [2.75, 3.05) is 0 Å². The number of alkyl halides is 3. The van der Waals surface area contributed by atoms with Crippen LogP contribution in [0.5, 0.6) is 5.75 Å². The van der Waals surface area contributed by atoms with Gasteiger partial charge in [0.05, 0.1) is 6.61 Å². The largest absolute Gasteiger partial charge is 0.573 e. The summed E-state index contributed by atoms with van der Waals surface area (Å²) in [5.74, 6) is -0.378. The van der Waals surface area contributed by atoms with Gasteiger partial charge in [0.1, 0.15) is 5.75 Å². The zero-order chi connectivity index (χ0) is 13.9. The molecule has 2 aromatic carbocycles. The highest BCUT2D eigenvalue weighted by molar-refractivity contribution is 5.66. The fraction of sp³-hybridized carbons (Fsp3) is 0.143. The molecule has 2 aromatic rings. The van der Waals surface area contributed by atoms with Gasteiger partial charge in [0, 0.05) is 5.56 Å². The maximum absolute atomic E-state index is 12.3. The molecule has 2 rings (SSSR count). The van der Waals surface area contributed by atoms with E-state index in [2.05, 4.69) is 4.74 Å². The van der Waals surface area contributed by atoms with Crippen LogP contribution in [0.25, 0.3) is 11.1 Å². The summed E-state index contributed by atoms with van der Waals surface area (Å²) in [6, 6.07) is 13.3. The lowest BCUT2D eigenvalue weighted by atomic mass is 10.0. The van der Waals surface area contributed by atoms with Crippen molar-refractivity contribution in [1.82, 2.24) is 0 Å². The Kier molecular flexibility index (Phi) is 3.76. The molecular formula is C14H11F3O2. The maximum atomic E-state index is 12.3. The van der Waals surface area contributed by atoms with Crippen molar-refractivity contribution in [3.63, 3.8) is 0 Å². The van der Waals surface area contributed by atoms with Crippen molar-refractivity contribution in [3.8, 4) is 16.9 Å². The number of benzene rings is 2. The number of halogens is 3. The van der Waals surface area contributed by atoms with Gasteiger partial charge in [0.2, 0.25) is 0 Å². The molecule has 0 saturated heterocycles. The van der Waals surface area contributed by atoms with Gasteiger partial charge in [0.25, 0.3) is 0 Å². The summed E-state index contributed by atoms with van der Waals surface area (Å²) in [5, 5.41) is 9.03. The van der Waals surface area contributed by atoms with E-state index in [0.29, 0.717) is 5.56 Å². The molecule has 0 heterocycles. The van der Waals surface area contributed by atoms with Gasteiger partial charge >= 0.3 is 6.36 Å². The van der Waals surface area contributed by atoms with Crippen LogP contribution in [0, 0.1) is 0 Å². The van der Waals surface area contributed by atoms with Gasteiger partial charge in [-0.05, 0) is 17.2 Å². The summed E-state index contributed by atoms with van der Waals surface area (Å²) in [7, 11) is 0. The van der Waals surface area contributed by atoms with Gasteiger partial charge < -0.3 is 9.84 Å². The first kappa shape index (κ1) is 13.4. The van der Waals surface area contributed by atoms with Crippen molar-refractivity contribution in [2.24, 2.45) is 0 Å². The highest BCUT2D eigenvalue weighted by atomic mass is 19.4. The van der Waals surface area contributed by atoms with Crippen LogP contribution in [0.2, 0.25) is 0 Å². The molecule has 0 fully saturated rings. The first-order chi connectivity index (χ1) is 8.99. The lowest BCUT2D eigenvalue weighted by molar-refractivity contribution is -0.275. The molecule has 0 saturated carbocycles. The molecule has 0 aromatic heterocycles. The number of aliphatic hydroxyl groups excluding tert-OH is 1. The third-order valence-electron chi connectivity index (χ3n) is 2.57. The molecule has 1 N–H and O–H groups in total. The Balaban J connectivity index is 2.41. The standard InChI is InChI=1S/C14H11F3O2/c15-14(16,17)19-13-8-11(6-7-12(13)9-18)10-4-2-1-3-5-10/h1-8,18H,9H2. The summed E-state index contributed by atoms with van der Waals surface area (Å²) < 4.78 is 40.8. The molecular weight excluding hydrogens is 257 g/mol. The molecule has 0 unspecified atom stereocenters. The third-order valence-corrected chi connectivity index (χ3v) is 2.57. The summed E-state index contributed by atoms with van der Waals surface area (Å²) in [6.07, 6.45) is -4.78. The van der Waals surface area contributed by atoms with E-state index in [1.54, 1.807) is 30.3 Å². The fourth-order valence-corrected chi connectivity index (χ4v) is 1.72. The smallest absolute Gasteiger partial charge is 0.405 e. The van der Waals surface area contributed by atoms with E-state index in [-0.39, 0.29) is 11.3 Å². The summed E-state index contributed by atoms with van der Waals surface area (Å²) in [4.78, 5) is 0. The van der Waals surface area contributed by atoms with Crippen molar-refractivity contribution < 1.29 is 23.0 Å². The predicted octanol–water partition coefficient (Wildman–Crippen LogP) is 3.74. The van der Waals surface area contributed by atoms with E-state index in [4.69, 9.17) is 5.11 Å². The van der Waals surface area contributed by atoms with Crippen LogP contribution in [-0.4, -0.2) is 11.5 Å². The number of ether oxygens (including phenoxy) is 1. The van der Waals surface area contributed by atoms with Crippen LogP contribution in [0.15, 0.2) is 48.5 Å². The molecule has 0 radical (unpaired) electrons. The highest BCUT2D eigenvalue weighted by Gasteiger charge is 2.32. The minimum absolute atomic E-state index is 0.0945. The highest BCUT2D eigenvalue weighted by Crippen LogP contribution is 2.31. The zero-order valence-corrected chi connectivity index (χ0v) is 9.82. The summed E-state index contributed by atoms with van der Waals surface area (Å²) in [6.45, 7) is -0.513. The summed E-state index contributed by atoms with van der Waals surface area (Å²) >= 11 is 0. The zero-order valence-electron chi connectivity index (χ0n) is 9.82. The molecule has 19 heavy (non-hydrogen) atoms. The second-order valence-electron chi connectivity index (χ2n) is 3.89. The first-order valence-electron chi connectivity index (χ1n) is 5.54. The number of hydrogen-bond acceptors (Lipinski definition) is 2. The second kappa shape index (κ2) is 5.32. The number of hydrogen-bond donors (Lipinski definition) is 1. The molecule has 5 heteroatoms. The van der Waals surface area contributed by atoms with Gasteiger partial charge in [0.15, 0.2) is 0 Å². The normalized spacial score (nSPS) is 11.4. The Hall–Kier alpha value is -2.01. The molecule has 0 atom stereocenters. The Morgan fingerprint density at radius 2 is 1.63 bits per heavy atom. The van der Waals surface area contributed by atoms with Crippen LogP contribution in [0.1, 0.15) is 5.56 Å². The average molecular weight is 268 g/mol. The third kappa shape index (κ3) is 3.48. The molecule has 0 aliphatic rings. The number of aliphatic hydroxyl groups is 1. The predicted molar refractivity (Wildman–Crippen MR) is 64.5 cm³/mol. The Morgan fingerprint density at radius 3 is 2.21 bits per heavy atom. The Labute approximate surface area is 108 Å². The van der Waals surface area contributed by atoms with E-state index in [9.17, 15) is 13.2 Å². The average Bonchev–Trinajstić information content (AvgIpc) is 2.38. The molecule has 0 spiro atoms. The van der Waals surface area contributed by atoms with Crippen LogP contribution < -0.4 is 4.74 Å². The molecule has 100 valence electrons. The Bertz CT molecular complexity index is 550. The second-order valence-corrected chi connectivity index (χ2v) is 3.89. The number of rotatable bonds is 3. The van der Waals surface area contributed by atoms with Crippen molar-refractivity contribution in [1.29, 1.82) is 0 Å². The molecule has 0 amide bonds. The van der Waals surface area contributed by atoms with E-state index in [0.717, 1.165) is 5.56 Å². The van der Waals surface area contributed by atoms with Gasteiger partial charge in [-0.1, -0.05) is 42.5 Å². The maximum Gasteiger partial charge on any atom is 0.573 e. The summed E-state index contributed by atoms with van der Waals surface area (Å²) in [5.41, 5.74) is 1.47. The molecule has 0 aliphatic carbocycles. The van der Waals surface area contributed by atoms with Gasteiger partial charge in [-0.2, -0.15) is 0 Å². The van der Waals surface area contributed by atoms with Gasteiger partial charge in [-0.15, -0.1) is 13.2 Å². The van der Waals surface area contributed by atoms with E-state index in [1.165, 1.54) is 12.1 Å². The SMILES string of the molecule is OCc1ccc(-c2ccccc2)cc1OC(F)(F)F. The first-order valence-corrected chi connectivity index (χ1v) is 5.54. The monoisotopic (exact) mass is 268 g/mol.